The van der Waals surface area contributed by atoms with Crippen molar-refractivity contribution in [3.63, 3.8) is 0 Å². The molecular weight excluding hydrogens is 382 g/mol. The quantitative estimate of drug-likeness (QED) is 0.674. The molecular formula is C22H27N5O3. The van der Waals surface area contributed by atoms with Crippen LogP contribution in [0.25, 0.3) is 5.82 Å². The summed E-state index contributed by atoms with van der Waals surface area (Å²) in [6.07, 6.45) is 1.59. The van der Waals surface area contributed by atoms with E-state index in [1.54, 1.807) is 16.9 Å². The molecule has 1 N–H and O–H groups in total. The van der Waals surface area contributed by atoms with Crippen molar-refractivity contribution in [3.05, 3.63) is 65.0 Å². The highest BCUT2D eigenvalue weighted by molar-refractivity contribution is 5.93. The van der Waals surface area contributed by atoms with E-state index in [9.17, 15) is 4.79 Å². The first-order valence-corrected chi connectivity index (χ1v) is 10.2. The van der Waals surface area contributed by atoms with Crippen LogP contribution >= 0.6 is 0 Å². The molecule has 30 heavy (non-hydrogen) atoms. The molecule has 0 radical (unpaired) electrons. The Kier molecular flexibility index (Phi) is 5.96. The Labute approximate surface area is 175 Å². The third-order valence-electron chi connectivity index (χ3n) is 5.27. The maximum Gasteiger partial charge on any atom is 0.252 e. The monoisotopic (exact) mass is 409 g/mol. The average molecular weight is 409 g/mol. The van der Waals surface area contributed by atoms with Gasteiger partial charge in [0.25, 0.3) is 5.91 Å². The number of carbonyl (C=O) groups is 1. The Morgan fingerprint density at radius 2 is 1.97 bits per heavy atom. The van der Waals surface area contributed by atoms with E-state index in [4.69, 9.17) is 9.15 Å². The van der Waals surface area contributed by atoms with Crippen LogP contribution in [-0.2, 0) is 4.74 Å². The van der Waals surface area contributed by atoms with Gasteiger partial charge >= 0.3 is 0 Å². The SMILES string of the molecule is Cc1cc(C)n(-c2ccc(C(=O)NCC(c3ccc(C)o3)N3CCOCC3)cn2)n1. The van der Waals surface area contributed by atoms with Gasteiger partial charge in [0.05, 0.1) is 30.5 Å². The number of hydrogen-bond acceptors (Lipinski definition) is 6. The van der Waals surface area contributed by atoms with Crippen LogP contribution in [0.5, 0.6) is 0 Å². The minimum Gasteiger partial charge on any atom is -0.465 e. The minimum atomic E-state index is -0.163. The van der Waals surface area contributed by atoms with Crippen LogP contribution in [0.3, 0.4) is 0 Å². The molecule has 1 fully saturated rings. The Morgan fingerprint density at radius 3 is 2.57 bits per heavy atom. The molecule has 1 unspecified atom stereocenters. The number of furan rings is 1. The van der Waals surface area contributed by atoms with Gasteiger partial charge in [-0.05, 0) is 51.1 Å². The number of rotatable bonds is 6. The minimum absolute atomic E-state index is 0.0338. The van der Waals surface area contributed by atoms with E-state index >= 15 is 0 Å². The normalized spacial score (nSPS) is 15.8. The van der Waals surface area contributed by atoms with E-state index in [1.165, 1.54) is 0 Å². The Balaban J connectivity index is 1.44. The summed E-state index contributed by atoms with van der Waals surface area (Å²) in [6, 6.07) is 9.47. The maximum atomic E-state index is 12.7. The third-order valence-corrected chi connectivity index (χ3v) is 5.27. The number of pyridine rings is 1. The lowest BCUT2D eigenvalue weighted by molar-refractivity contribution is 0.0117. The Bertz CT molecular complexity index is 1000. The summed E-state index contributed by atoms with van der Waals surface area (Å²) in [4.78, 5) is 19.4. The number of nitrogens with one attached hydrogen (secondary N) is 1. The fourth-order valence-corrected chi connectivity index (χ4v) is 3.73. The molecule has 0 spiro atoms. The summed E-state index contributed by atoms with van der Waals surface area (Å²) in [5, 5.41) is 7.46. The lowest BCUT2D eigenvalue weighted by Crippen LogP contribution is -2.43. The standard InChI is InChI=1S/C22H27N5O3/c1-15-12-16(2)27(25-15)21-7-5-18(13-23-21)22(28)24-14-19(20-6-4-17(3)30-20)26-8-10-29-11-9-26/h4-7,12-13,19H,8-11,14H2,1-3H3,(H,24,28). The molecule has 1 amide bonds. The van der Waals surface area contributed by atoms with Crippen LogP contribution in [0.2, 0.25) is 0 Å². The van der Waals surface area contributed by atoms with Gasteiger partial charge in [0.2, 0.25) is 0 Å². The van der Waals surface area contributed by atoms with Crippen LogP contribution in [0.4, 0.5) is 0 Å². The van der Waals surface area contributed by atoms with Crippen molar-refractivity contribution < 1.29 is 13.9 Å². The topological polar surface area (TPSA) is 85.4 Å². The number of morpholine rings is 1. The fraction of sp³-hybridized carbons (Fsp3) is 0.409. The van der Waals surface area contributed by atoms with Crippen LogP contribution in [-0.4, -0.2) is 58.4 Å². The number of hydrogen-bond donors (Lipinski definition) is 1. The zero-order chi connectivity index (χ0) is 21.1. The van der Waals surface area contributed by atoms with Crippen LogP contribution in [0.1, 0.15) is 39.3 Å². The molecule has 3 aromatic rings. The van der Waals surface area contributed by atoms with E-state index in [1.807, 2.05) is 45.0 Å². The Hall–Kier alpha value is -2.97. The molecule has 8 nitrogen and oxygen atoms in total. The lowest BCUT2D eigenvalue weighted by Gasteiger charge is -2.33. The molecule has 8 heteroatoms. The number of aromatic nitrogens is 3. The summed E-state index contributed by atoms with van der Waals surface area (Å²) >= 11 is 0. The molecule has 3 aromatic heterocycles. The summed E-state index contributed by atoms with van der Waals surface area (Å²) < 4.78 is 13.1. The van der Waals surface area contributed by atoms with Gasteiger partial charge in [-0.25, -0.2) is 9.67 Å². The van der Waals surface area contributed by atoms with Crippen molar-refractivity contribution in [3.8, 4) is 5.82 Å². The van der Waals surface area contributed by atoms with Crippen LogP contribution < -0.4 is 5.32 Å². The zero-order valence-corrected chi connectivity index (χ0v) is 17.6. The molecule has 4 heterocycles. The van der Waals surface area contributed by atoms with Gasteiger partial charge in [-0.15, -0.1) is 0 Å². The first kappa shape index (κ1) is 20.3. The van der Waals surface area contributed by atoms with Gasteiger partial charge in [-0.2, -0.15) is 5.10 Å². The lowest BCUT2D eigenvalue weighted by atomic mass is 10.1. The number of ether oxygens (including phenoxy) is 1. The summed E-state index contributed by atoms with van der Waals surface area (Å²) in [5.41, 5.74) is 2.44. The van der Waals surface area contributed by atoms with Gasteiger partial charge in [0.15, 0.2) is 5.82 Å². The molecule has 1 aliphatic heterocycles. The van der Waals surface area contributed by atoms with E-state index < -0.39 is 0 Å². The predicted molar refractivity (Wildman–Crippen MR) is 112 cm³/mol. The van der Waals surface area contributed by atoms with Gasteiger partial charge in [-0.3, -0.25) is 9.69 Å². The summed E-state index contributed by atoms with van der Waals surface area (Å²) in [6.45, 7) is 9.27. The first-order chi connectivity index (χ1) is 14.5. The van der Waals surface area contributed by atoms with Gasteiger partial charge < -0.3 is 14.5 Å². The largest absolute Gasteiger partial charge is 0.465 e. The maximum absolute atomic E-state index is 12.7. The van der Waals surface area contributed by atoms with Crippen molar-refractivity contribution in [2.45, 2.75) is 26.8 Å². The molecule has 0 saturated carbocycles. The van der Waals surface area contributed by atoms with Crippen LogP contribution in [0, 0.1) is 20.8 Å². The van der Waals surface area contributed by atoms with Crippen molar-refractivity contribution in [2.75, 3.05) is 32.8 Å². The second-order valence-corrected chi connectivity index (χ2v) is 7.57. The number of amides is 1. The fourth-order valence-electron chi connectivity index (χ4n) is 3.73. The highest BCUT2D eigenvalue weighted by atomic mass is 16.5. The number of carbonyl (C=O) groups excluding carboxylic acids is 1. The van der Waals surface area contributed by atoms with Gasteiger partial charge in [0, 0.05) is 31.5 Å². The molecule has 0 aliphatic carbocycles. The highest BCUT2D eigenvalue weighted by Crippen LogP contribution is 2.23. The molecule has 1 aliphatic rings. The molecule has 4 rings (SSSR count). The van der Waals surface area contributed by atoms with Crippen molar-refractivity contribution in [2.24, 2.45) is 0 Å². The molecule has 1 saturated heterocycles. The predicted octanol–water partition coefficient (Wildman–Crippen LogP) is 2.59. The zero-order valence-electron chi connectivity index (χ0n) is 17.6. The summed E-state index contributed by atoms with van der Waals surface area (Å²) in [5.74, 6) is 2.24. The summed E-state index contributed by atoms with van der Waals surface area (Å²) in [7, 11) is 0. The third kappa shape index (κ3) is 4.44. The van der Waals surface area contributed by atoms with Gasteiger partial charge in [-0.1, -0.05) is 0 Å². The van der Waals surface area contributed by atoms with E-state index in [-0.39, 0.29) is 11.9 Å². The van der Waals surface area contributed by atoms with Crippen molar-refractivity contribution in [1.29, 1.82) is 0 Å². The van der Waals surface area contributed by atoms with E-state index in [0.29, 0.717) is 31.1 Å². The second kappa shape index (κ2) is 8.81. The van der Waals surface area contributed by atoms with E-state index in [0.717, 1.165) is 36.0 Å². The number of aryl methyl sites for hydroxylation is 3. The molecule has 0 bridgehead atoms. The molecule has 1 atom stereocenters. The highest BCUT2D eigenvalue weighted by Gasteiger charge is 2.26. The molecule has 0 aromatic carbocycles. The van der Waals surface area contributed by atoms with Crippen LogP contribution in [0.15, 0.2) is 40.9 Å². The van der Waals surface area contributed by atoms with E-state index in [2.05, 4.69) is 20.3 Å². The van der Waals surface area contributed by atoms with Crippen molar-refractivity contribution in [1.82, 2.24) is 25.0 Å². The number of nitrogens with zero attached hydrogens (tertiary/aromatic N) is 4. The molecule has 158 valence electrons. The average Bonchev–Trinajstić information content (AvgIpc) is 3.33. The first-order valence-electron chi connectivity index (χ1n) is 10.2. The van der Waals surface area contributed by atoms with Crippen molar-refractivity contribution >= 4 is 5.91 Å². The smallest absolute Gasteiger partial charge is 0.252 e. The Morgan fingerprint density at radius 1 is 1.17 bits per heavy atom. The second-order valence-electron chi connectivity index (χ2n) is 7.57. The van der Waals surface area contributed by atoms with Gasteiger partial charge in [0.1, 0.15) is 11.5 Å².